The molecule has 1 aromatic rings. The molecule has 1 N–H and O–H groups in total. The number of anilines is 1. The molecule has 1 fully saturated rings. The van der Waals surface area contributed by atoms with Crippen molar-refractivity contribution in [3.8, 4) is 0 Å². The Morgan fingerprint density at radius 2 is 2.14 bits per heavy atom. The topological polar surface area (TPSA) is 43.8 Å². The first kappa shape index (κ1) is 13.4. The first-order valence-corrected chi connectivity index (χ1v) is 8.48. The zero-order valence-electron chi connectivity index (χ0n) is 11.9. The summed E-state index contributed by atoms with van der Waals surface area (Å²) >= 11 is 3.62. The number of fused-ring (bicyclic) bond motifs is 2. The second-order valence-electron chi connectivity index (χ2n) is 6.45. The van der Waals surface area contributed by atoms with Gasteiger partial charge in [0, 0.05) is 29.8 Å². The van der Waals surface area contributed by atoms with E-state index in [2.05, 4.69) is 33.0 Å². The average Bonchev–Trinajstić information content (AvgIpc) is 2.82. The van der Waals surface area contributed by atoms with Crippen molar-refractivity contribution >= 4 is 27.7 Å². The summed E-state index contributed by atoms with van der Waals surface area (Å²) in [6.07, 6.45) is 3.10. The lowest BCUT2D eigenvalue weighted by molar-refractivity contribution is 0.144. The van der Waals surface area contributed by atoms with Gasteiger partial charge in [0.15, 0.2) is 0 Å². The highest BCUT2D eigenvalue weighted by Gasteiger charge is 2.39. The van der Waals surface area contributed by atoms with Crippen molar-refractivity contribution < 1.29 is 9.90 Å². The molecular formula is C16H19BrN2O2. The Morgan fingerprint density at radius 3 is 2.95 bits per heavy atom. The van der Waals surface area contributed by atoms with Crippen LogP contribution < -0.4 is 4.90 Å². The molecule has 4 rings (SSSR count). The summed E-state index contributed by atoms with van der Waals surface area (Å²) in [6.45, 7) is 3.01. The van der Waals surface area contributed by atoms with E-state index in [4.69, 9.17) is 0 Å². The van der Waals surface area contributed by atoms with Gasteiger partial charge in [-0.05, 0) is 47.9 Å². The molecule has 4 nitrogen and oxygen atoms in total. The third-order valence-electron chi connectivity index (χ3n) is 5.28. The molecule has 1 saturated carbocycles. The maximum Gasteiger partial charge on any atom is 0.407 e. The maximum atomic E-state index is 11.4. The normalized spacial score (nSPS) is 27.1. The van der Waals surface area contributed by atoms with Crippen LogP contribution in [0.25, 0.3) is 0 Å². The summed E-state index contributed by atoms with van der Waals surface area (Å²) in [5.74, 6) is 1.42. The SMILES string of the molecule is O=C(O)N1CCN2CC3CCCC3c3cc(Br)cc(c32)C1. The monoisotopic (exact) mass is 350 g/mol. The number of amides is 1. The summed E-state index contributed by atoms with van der Waals surface area (Å²) in [7, 11) is 0. The van der Waals surface area contributed by atoms with Crippen molar-refractivity contribution in [3.05, 3.63) is 27.7 Å². The van der Waals surface area contributed by atoms with E-state index in [1.54, 1.807) is 0 Å². The van der Waals surface area contributed by atoms with Crippen LogP contribution in [0, 0.1) is 5.92 Å². The molecule has 2 atom stereocenters. The number of carbonyl (C=O) groups is 1. The molecular weight excluding hydrogens is 332 g/mol. The summed E-state index contributed by atoms with van der Waals surface area (Å²) in [6, 6.07) is 4.37. The molecule has 0 bridgehead atoms. The summed E-state index contributed by atoms with van der Waals surface area (Å²) in [5.41, 5.74) is 3.93. The smallest absolute Gasteiger partial charge is 0.407 e. The van der Waals surface area contributed by atoms with Gasteiger partial charge in [0.1, 0.15) is 0 Å². The molecule has 0 aromatic heterocycles. The zero-order chi connectivity index (χ0) is 14.6. The number of carboxylic acid groups (broad SMARTS) is 1. The lowest BCUT2D eigenvalue weighted by Gasteiger charge is -2.39. The highest BCUT2D eigenvalue weighted by Crippen LogP contribution is 2.50. The maximum absolute atomic E-state index is 11.4. The second kappa shape index (κ2) is 4.90. The van der Waals surface area contributed by atoms with E-state index in [1.165, 1.54) is 35.4 Å². The van der Waals surface area contributed by atoms with Crippen molar-refractivity contribution in [2.45, 2.75) is 31.7 Å². The zero-order valence-corrected chi connectivity index (χ0v) is 13.5. The fraction of sp³-hybridized carbons (Fsp3) is 0.562. The molecule has 3 aliphatic rings. The quantitative estimate of drug-likeness (QED) is 0.776. The molecule has 112 valence electrons. The van der Waals surface area contributed by atoms with Gasteiger partial charge in [-0.2, -0.15) is 0 Å². The van der Waals surface area contributed by atoms with E-state index in [0.29, 0.717) is 19.0 Å². The molecule has 2 unspecified atom stereocenters. The van der Waals surface area contributed by atoms with Gasteiger partial charge in [-0.3, -0.25) is 0 Å². The van der Waals surface area contributed by atoms with Crippen molar-refractivity contribution in [1.82, 2.24) is 4.90 Å². The van der Waals surface area contributed by atoms with Gasteiger partial charge >= 0.3 is 6.09 Å². The van der Waals surface area contributed by atoms with Crippen molar-refractivity contribution in [3.63, 3.8) is 0 Å². The van der Waals surface area contributed by atoms with Gasteiger partial charge in [0.25, 0.3) is 0 Å². The first-order valence-electron chi connectivity index (χ1n) is 7.68. The molecule has 0 spiro atoms. The van der Waals surface area contributed by atoms with Gasteiger partial charge in [-0.15, -0.1) is 0 Å². The minimum absolute atomic E-state index is 0.505. The number of halogens is 1. The summed E-state index contributed by atoms with van der Waals surface area (Å²) in [4.78, 5) is 15.4. The molecule has 2 heterocycles. The molecule has 1 aliphatic carbocycles. The summed E-state index contributed by atoms with van der Waals surface area (Å²) in [5, 5.41) is 9.36. The number of rotatable bonds is 0. The number of nitrogens with zero attached hydrogens (tertiary/aromatic N) is 2. The van der Waals surface area contributed by atoms with Crippen LogP contribution in [0.3, 0.4) is 0 Å². The van der Waals surface area contributed by atoms with Crippen molar-refractivity contribution in [1.29, 1.82) is 0 Å². The molecule has 5 heteroatoms. The lowest BCUT2D eigenvalue weighted by Crippen LogP contribution is -2.39. The first-order chi connectivity index (χ1) is 10.1. The van der Waals surface area contributed by atoms with Crippen LogP contribution in [-0.2, 0) is 6.54 Å². The number of hydrogen-bond donors (Lipinski definition) is 1. The van der Waals surface area contributed by atoms with E-state index in [9.17, 15) is 9.90 Å². The molecule has 1 amide bonds. The average molecular weight is 351 g/mol. The van der Waals surface area contributed by atoms with Gasteiger partial charge in [0.05, 0.1) is 6.54 Å². The van der Waals surface area contributed by atoms with Crippen LogP contribution in [-0.4, -0.2) is 35.7 Å². The largest absolute Gasteiger partial charge is 0.465 e. The summed E-state index contributed by atoms with van der Waals surface area (Å²) < 4.78 is 1.08. The van der Waals surface area contributed by atoms with E-state index in [0.717, 1.165) is 29.0 Å². The predicted octanol–water partition coefficient (Wildman–Crippen LogP) is 3.65. The Bertz CT molecular complexity index is 604. The van der Waals surface area contributed by atoms with Crippen LogP contribution in [0.4, 0.5) is 10.5 Å². The highest BCUT2D eigenvalue weighted by molar-refractivity contribution is 9.10. The molecule has 2 aliphatic heterocycles. The third-order valence-corrected chi connectivity index (χ3v) is 5.74. The molecule has 0 saturated heterocycles. The fourth-order valence-electron chi connectivity index (χ4n) is 4.40. The van der Waals surface area contributed by atoms with Gasteiger partial charge in [-0.25, -0.2) is 4.79 Å². The number of hydrogen-bond acceptors (Lipinski definition) is 2. The van der Waals surface area contributed by atoms with E-state index in [1.807, 2.05) is 0 Å². The molecule has 21 heavy (non-hydrogen) atoms. The number of benzene rings is 1. The Morgan fingerprint density at radius 1 is 1.29 bits per heavy atom. The Hall–Kier alpha value is -1.23. The van der Waals surface area contributed by atoms with Crippen LogP contribution in [0.15, 0.2) is 16.6 Å². The highest BCUT2D eigenvalue weighted by atomic mass is 79.9. The minimum atomic E-state index is -0.816. The van der Waals surface area contributed by atoms with Crippen LogP contribution in [0.5, 0.6) is 0 Å². The van der Waals surface area contributed by atoms with E-state index in [-0.39, 0.29) is 0 Å². The Labute approximate surface area is 132 Å². The molecule has 1 aromatic carbocycles. The van der Waals surface area contributed by atoms with E-state index >= 15 is 0 Å². The van der Waals surface area contributed by atoms with Crippen molar-refractivity contribution in [2.75, 3.05) is 24.5 Å². The third kappa shape index (κ3) is 2.13. The Kier molecular flexibility index (Phi) is 3.14. The standard InChI is InChI=1S/C16H19BrN2O2/c17-12-6-11-9-19(16(20)21)5-4-18-8-10-2-1-3-13(10)14(7-12)15(11)18/h6-7,10,13H,1-5,8-9H2,(H,20,21). The lowest BCUT2D eigenvalue weighted by atomic mass is 9.82. The van der Waals surface area contributed by atoms with E-state index < -0.39 is 6.09 Å². The fourth-order valence-corrected chi connectivity index (χ4v) is 4.92. The van der Waals surface area contributed by atoms with Gasteiger partial charge in [0.2, 0.25) is 0 Å². The van der Waals surface area contributed by atoms with Crippen LogP contribution in [0.2, 0.25) is 0 Å². The second-order valence-corrected chi connectivity index (χ2v) is 7.37. The Balaban J connectivity index is 1.84. The van der Waals surface area contributed by atoms with Crippen molar-refractivity contribution in [2.24, 2.45) is 5.92 Å². The minimum Gasteiger partial charge on any atom is -0.465 e. The van der Waals surface area contributed by atoms with Crippen LogP contribution >= 0.6 is 15.9 Å². The molecule has 0 radical (unpaired) electrons. The van der Waals surface area contributed by atoms with Gasteiger partial charge < -0.3 is 14.9 Å². The predicted molar refractivity (Wildman–Crippen MR) is 84.9 cm³/mol. The van der Waals surface area contributed by atoms with Gasteiger partial charge in [-0.1, -0.05) is 22.4 Å². The van der Waals surface area contributed by atoms with Crippen LogP contribution in [0.1, 0.15) is 36.3 Å².